The van der Waals surface area contributed by atoms with Crippen LogP contribution in [0.25, 0.3) is 0 Å². The van der Waals surface area contributed by atoms with Crippen molar-refractivity contribution in [1.29, 1.82) is 0 Å². The van der Waals surface area contributed by atoms with E-state index in [0.717, 1.165) is 5.56 Å². The number of hydrogen-bond acceptors (Lipinski definition) is 3. The lowest BCUT2D eigenvalue weighted by molar-refractivity contribution is -0.127. The molecule has 0 radical (unpaired) electrons. The van der Waals surface area contributed by atoms with Crippen LogP contribution in [0.15, 0.2) is 18.2 Å². The average molecular weight is 255 g/mol. The molecule has 0 aliphatic carbocycles. The number of carbonyl (C=O) groups is 1. The third kappa shape index (κ3) is 4.33. The second-order valence-corrected chi connectivity index (χ2v) is 3.95. The third-order valence-corrected chi connectivity index (χ3v) is 2.43. The molecule has 100 valence electrons. The first-order valence-electron chi connectivity index (χ1n) is 5.74. The van der Waals surface area contributed by atoms with Crippen molar-refractivity contribution in [3.05, 3.63) is 29.6 Å². The van der Waals surface area contributed by atoms with E-state index in [1.807, 2.05) is 0 Å². The SMILES string of the molecule is COCCNC(=O)C(C)Oc1cc(F)ccc1C. The van der Waals surface area contributed by atoms with Gasteiger partial charge in [-0.2, -0.15) is 0 Å². The lowest BCUT2D eigenvalue weighted by Gasteiger charge is -2.16. The van der Waals surface area contributed by atoms with Gasteiger partial charge >= 0.3 is 0 Å². The van der Waals surface area contributed by atoms with E-state index in [-0.39, 0.29) is 11.7 Å². The van der Waals surface area contributed by atoms with E-state index < -0.39 is 6.10 Å². The number of hydrogen-bond donors (Lipinski definition) is 1. The van der Waals surface area contributed by atoms with Crippen LogP contribution in [0.4, 0.5) is 4.39 Å². The Morgan fingerprint density at radius 2 is 2.22 bits per heavy atom. The lowest BCUT2D eigenvalue weighted by atomic mass is 10.2. The molecule has 5 heteroatoms. The number of methoxy groups -OCH3 is 1. The topological polar surface area (TPSA) is 47.6 Å². The van der Waals surface area contributed by atoms with Gasteiger partial charge in [0.1, 0.15) is 11.6 Å². The van der Waals surface area contributed by atoms with E-state index in [4.69, 9.17) is 9.47 Å². The molecule has 1 aromatic rings. The summed E-state index contributed by atoms with van der Waals surface area (Å²) in [7, 11) is 1.56. The van der Waals surface area contributed by atoms with Crippen LogP contribution < -0.4 is 10.1 Å². The van der Waals surface area contributed by atoms with Gasteiger partial charge in [0.25, 0.3) is 5.91 Å². The zero-order valence-electron chi connectivity index (χ0n) is 10.8. The van der Waals surface area contributed by atoms with Gasteiger partial charge in [-0.1, -0.05) is 6.07 Å². The van der Waals surface area contributed by atoms with Crippen molar-refractivity contribution in [2.75, 3.05) is 20.3 Å². The molecule has 18 heavy (non-hydrogen) atoms. The summed E-state index contributed by atoms with van der Waals surface area (Å²) in [6, 6.07) is 4.24. The lowest BCUT2D eigenvalue weighted by Crippen LogP contribution is -2.38. The van der Waals surface area contributed by atoms with Crippen LogP contribution in [-0.4, -0.2) is 32.3 Å². The molecule has 1 rings (SSSR count). The molecular weight excluding hydrogens is 237 g/mol. The summed E-state index contributed by atoms with van der Waals surface area (Å²) in [5.74, 6) is -0.261. The fourth-order valence-electron chi connectivity index (χ4n) is 1.36. The van der Waals surface area contributed by atoms with Gasteiger partial charge < -0.3 is 14.8 Å². The molecule has 0 spiro atoms. The molecule has 0 aliphatic rings. The Morgan fingerprint density at radius 3 is 2.89 bits per heavy atom. The smallest absolute Gasteiger partial charge is 0.260 e. The van der Waals surface area contributed by atoms with Crippen LogP contribution in [0.2, 0.25) is 0 Å². The summed E-state index contributed by atoms with van der Waals surface area (Å²) in [6.45, 7) is 4.28. The van der Waals surface area contributed by atoms with Crippen molar-refractivity contribution in [1.82, 2.24) is 5.32 Å². The minimum atomic E-state index is -0.678. The maximum Gasteiger partial charge on any atom is 0.260 e. The van der Waals surface area contributed by atoms with E-state index in [0.29, 0.717) is 18.9 Å². The molecule has 0 aromatic heterocycles. The van der Waals surface area contributed by atoms with Crippen molar-refractivity contribution < 1.29 is 18.7 Å². The monoisotopic (exact) mass is 255 g/mol. The van der Waals surface area contributed by atoms with Crippen LogP contribution in [-0.2, 0) is 9.53 Å². The zero-order chi connectivity index (χ0) is 13.5. The van der Waals surface area contributed by atoms with E-state index >= 15 is 0 Å². The average Bonchev–Trinajstić information content (AvgIpc) is 2.34. The Bertz CT molecular complexity index is 409. The maximum atomic E-state index is 13.1. The second kappa shape index (κ2) is 6.96. The summed E-state index contributed by atoms with van der Waals surface area (Å²) in [5.41, 5.74) is 0.785. The Morgan fingerprint density at radius 1 is 1.50 bits per heavy atom. The van der Waals surface area contributed by atoms with E-state index in [1.165, 1.54) is 12.1 Å². The van der Waals surface area contributed by atoms with Crippen LogP contribution in [0.5, 0.6) is 5.75 Å². The summed E-state index contributed by atoms with van der Waals surface area (Å²) >= 11 is 0. The largest absolute Gasteiger partial charge is 0.481 e. The number of aryl methyl sites for hydroxylation is 1. The first-order valence-corrected chi connectivity index (χ1v) is 5.74. The number of rotatable bonds is 6. The highest BCUT2D eigenvalue weighted by Gasteiger charge is 2.15. The van der Waals surface area contributed by atoms with Crippen molar-refractivity contribution >= 4 is 5.91 Å². The molecule has 4 nitrogen and oxygen atoms in total. The molecule has 1 unspecified atom stereocenters. The molecule has 0 saturated carbocycles. The van der Waals surface area contributed by atoms with Gasteiger partial charge in [0.05, 0.1) is 6.61 Å². The normalized spacial score (nSPS) is 12.0. The van der Waals surface area contributed by atoms with E-state index in [2.05, 4.69) is 5.32 Å². The number of ether oxygens (including phenoxy) is 2. The fourth-order valence-corrected chi connectivity index (χ4v) is 1.36. The standard InChI is InChI=1S/C13H18FNO3/c1-9-4-5-11(14)8-12(9)18-10(2)13(16)15-6-7-17-3/h4-5,8,10H,6-7H2,1-3H3,(H,15,16). The third-order valence-electron chi connectivity index (χ3n) is 2.43. The molecule has 0 heterocycles. The van der Waals surface area contributed by atoms with Crippen molar-refractivity contribution in [3.63, 3.8) is 0 Å². The van der Waals surface area contributed by atoms with Crippen molar-refractivity contribution in [2.24, 2.45) is 0 Å². The first kappa shape index (κ1) is 14.4. The second-order valence-electron chi connectivity index (χ2n) is 3.95. The number of nitrogens with one attached hydrogen (secondary N) is 1. The molecule has 0 aliphatic heterocycles. The van der Waals surface area contributed by atoms with Crippen molar-refractivity contribution in [2.45, 2.75) is 20.0 Å². The molecule has 1 N–H and O–H groups in total. The molecule has 1 atom stereocenters. The highest BCUT2D eigenvalue weighted by Crippen LogP contribution is 2.19. The molecular formula is C13H18FNO3. The summed E-state index contributed by atoms with van der Waals surface area (Å²) in [5, 5.41) is 2.65. The van der Waals surface area contributed by atoms with Gasteiger partial charge in [0.15, 0.2) is 6.10 Å². The summed E-state index contributed by atoms with van der Waals surface area (Å²) in [4.78, 5) is 11.6. The van der Waals surface area contributed by atoms with Gasteiger partial charge in [-0.05, 0) is 25.5 Å². The summed E-state index contributed by atoms with van der Waals surface area (Å²) in [6.07, 6.45) is -0.678. The predicted octanol–water partition coefficient (Wildman–Crippen LogP) is 1.66. The van der Waals surface area contributed by atoms with Crippen molar-refractivity contribution in [3.8, 4) is 5.75 Å². The van der Waals surface area contributed by atoms with Gasteiger partial charge in [-0.15, -0.1) is 0 Å². The van der Waals surface area contributed by atoms with E-state index in [9.17, 15) is 9.18 Å². The maximum absolute atomic E-state index is 13.1. The van der Waals surface area contributed by atoms with Gasteiger partial charge in [-0.25, -0.2) is 4.39 Å². The Kier molecular flexibility index (Phi) is 5.58. The van der Waals surface area contributed by atoms with Crippen LogP contribution in [0, 0.1) is 12.7 Å². The number of benzene rings is 1. The molecule has 0 fully saturated rings. The number of amides is 1. The Hall–Kier alpha value is -1.62. The van der Waals surface area contributed by atoms with Gasteiger partial charge in [0.2, 0.25) is 0 Å². The molecule has 0 saturated heterocycles. The Labute approximate surface area is 106 Å². The minimum Gasteiger partial charge on any atom is -0.481 e. The van der Waals surface area contributed by atoms with Crippen LogP contribution in [0.1, 0.15) is 12.5 Å². The molecule has 1 amide bonds. The number of carbonyl (C=O) groups excluding carboxylic acids is 1. The van der Waals surface area contributed by atoms with E-state index in [1.54, 1.807) is 27.0 Å². The zero-order valence-corrected chi connectivity index (χ0v) is 10.8. The molecule has 1 aromatic carbocycles. The Balaban J connectivity index is 2.55. The first-order chi connectivity index (χ1) is 8.54. The summed E-state index contributed by atoms with van der Waals surface area (Å²) < 4.78 is 23.3. The number of halogens is 1. The highest BCUT2D eigenvalue weighted by atomic mass is 19.1. The van der Waals surface area contributed by atoms with Gasteiger partial charge in [-0.3, -0.25) is 4.79 Å². The quantitative estimate of drug-likeness (QED) is 0.786. The van der Waals surface area contributed by atoms with Crippen LogP contribution >= 0.6 is 0 Å². The highest BCUT2D eigenvalue weighted by molar-refractivity contribution is 5.80. The predicted molar refractivity (Wildman–Crippen MR) is 66.1 cm³/mol. The molecule has 0 bridgehead atoms. The fraction of sp³-hybridized carbons (Fsp3) is 0.462. The van der Waals surface area contributed by atoms with Crippen LogP contribution in [0.3, 0.4) is 0 Å². The van der Waals surface area contributed by atoms with Gasteiger partial charge in [0, 0.05) is 19.7 Å². The minimum absolute atomic E-state index is 0.254.